The first-order chi connectivity index (χ1) is 14.5. The predicted molar refractivity (Wildman–Crippen MR) is 109 cm³/mol. The standard InChI is InChI=1S/C18H20N3O9P/c1-12(2)11-17(18(22)23)19-31(28,29-15-7-3-13(4-8-15)20(24)25)30-16-9-5-14(6-10-16)21(26)27/h3-10,12,17H,11H2,1-2H3,(H,19,28)(H,22,23)/t17-/m0/s1. The molecule has 13 heteroatoms. The highest BCUT2D eigenvalue weighted by Crippen LogP contribution is 2.46. The summed E-state index contributed by atoms with van der Waals surface area (Å²) in [7, 11) is -4.38. The number of carbonyl (C=O) groups is 1. The fraction of sp³-hybridized carbons (Fsp3) is 0.278. The number of carboxylic acids is 1. The Bertz CT molecular complexity index is 930. The van der Waals surface area contributed by atoms with Crippen LogP contribution in [0.4, 0.5) is 11.4 Å². The molecule has 0 saturated carbocycles. The quantitative estimate of drug-likeness (QED) is 0.286. The van der Waals surface area contributed by atoms with Gasteiger partial charge in [0.15, 0.2) is 0 Å². The summed E-state index contributed by atoms with van der Waals surface area (Å²) in [6.45, 7) is 3.55. The summed E-state index contributed by atoms with van der Waals surface area (Å²) in [4.78, 5) is 32.0. The van der Waals surface area contributed by atoms with Crippen molar-refractivity contribution in [2.75, 3.05) is 0 Å². The maximum Gasteiger partial charge on any atom is 0.513 e. The molecule has 0 bridgehead atoms. The topological polar surface area (TPSA) is 171 Å². The van der Waals surface area contributed by atoms with E-state index < -0.39 is 29.6 Å². The fourth-order valence-corrected chi connectivity index (χ4v) is 4.02. The van der Waals surface area contributed by atoms with Crippen molar-refractivity contribution in [3.8, 4) is 11.5 Å². The molecule has 0 amide bonds. The Morgan fingerprint density at radius 1 is 0.968 bits per heavy atom. The van der Waals surface area contributed by atoms with Crippen LogP contribution in [0, 0.1) is 26.1 Å². The van der Waals surface area contributed by atoms with Crippen LogP contribution in [-0.2, 0) is 9.36 Å². The molecule has 0 fully saturated rings. The molecule has 1 atom stereocenters. The molecule has 2 aromatic carbocycles. The summed E-state index contributed by atoms with van der Waals surface area (Å²) in [5.41, 5.74) is -0.454. The minimum absolute atomic E-state index is 0.0687. The zero-order chi connectivity index (χ0) is 23.2. The van der Waals surface area contributed by atoms with E-state index in [4.69, 9.17) is 9.05 Å². The van der Waals surface area contributed by atoms with E-state index in [0.29, 0.717) is 0 Å². The van der Waals surface area contributed by atoms with E-state index >= 15 is 0 Å². The Kier molecular flexibility index (Phi) is 7.67. The van der Waals surface area contributed by atoms with Gasteiger partial charge in [0.05, 0.1) is 9.85 Å². The lowest BCUT2D eigenvalue weighted by Crippen LogP contribution is -2.38. The molecule has 2 rings (SSSR count). The third-order valence-electron chi connectivity index (χ3n) is 3.87. The highest BCUT2D eigenvalue weighted by Gasteiger charge is 2.35. The van der Waals surface area contributed by atoms with Crippen LogP contribution in [0.3, 0.4) is 0 Å². The van der Waals surface area contributed by atoms with E-state index in [1.165, 1.54) is 24.3 Å². The van der Waals surface area contributed by atoms with Gasteiger partial charge >= 0.3 is 13.7 Å². The molecule has 0 aliphatic rings. The summed E-state index contributed by atoms with van der Waals surface area (Å²) in [5.74, 6) is -1.50. The largest absolute Gasteiger partial charge is 0.513 e. The number of nitro benzene ring substituents is 2. The van der Waals surface area contributed by atoms with E-state index in [-0.39, 0.29) is 35.2 Å². The maximum atomic E-state index is 13.4. The van der Waals surface area contributed by atoms with E-state index in [1.807, 2.05) is 0 Å². The van der Waals surface area contributed by atoms with Crippen LogP contribution < -0.4 is 14.1 Å². The molecule has 0 aliphatic carbocycles. The highest BCUT2D eigenvalue weighted by molar-refractivity contribution is 7.52. The maximum absolute atomic E-state index is 13.4. The smallest absolute Gasteiger partial charge is 0.480 e. The van der Waals surface area contributed by atoms with Crippen molar-refractivity contribution in [3.63, 3.8) is 0 Å². The van der Waals surface area contributed by atoms with Crippen molar-refractivity contribution in [2.45, 2.75) is 26.3 Å². The van der Waals surface area contributed by atoms with E-state index in [1.54, 1.807) is 13.8 Å². The van der Waals surface area contributed by atoms with Crippen molar-refractivity contribution >= 4 is 25.1 Å². The molecule has 2 N–H and O–H groups in total. The number of hydrogen-bond acceptors (Lipinski definition) is 8. The summed E-state index contributed by atoms with van der Waals surface area (Å²) in [6, 6.07) is 7.93. The average Bonchev–Trinajstić information content (AvgIpc) is 2.67. The van der Waals surface area contributed by atoms with Gasteiger partial charge in [-0.1, -0.05) is 13.8 Å². The first-order valence-corrected chi connectivity index (χ1v) is 10.5. The second-order valence-electron chi connectivity index (χ2n) is 6.83. The van der Waals surface area contributed by atoms with Crippen molar-refractivity contribution < 1.29 is 33.4 Å². The minimum Gasteiger partial charge on any atom is -0.480 e. The SMILES string of the molecule is CC(C)C[C@H](NP(=O)(Oc1ccc([N+](=O)[O-])cc1)Oc1ccc([N+](=O)[O-])cc1)C(=O)O. The molecule has 0 aliphatic heterocycles. The lowest BCUT2D eigenvalue weighted by atomic mass is 10.1. The first kappa shape index (κ1) is 23.8. The number of carboxylic acid groups (broad SMARTS) is 1. The van der Waals surface area contributed by atoms with Crippen molar-refractivity contribution in [3.05, 3.63) is 68.8 Å². The van der Waals surface area contributed by atoms with E-state index in [2.05, 4.69) is 5.09 Å². The first-order valence-electron chi connectivity index (χ1n) is 8.98. The summed E-state index contributed by atoms with van der Waals surface area (Å²) in [6.07, 6.45) is 0.104. The van der Waals surface area contributed by atoms with Gasteiger partial charge in [0.2, 0.25) is 0 Å². The van der Waals surface area contributed by atoms with Crippen LogP contribution >= 0.6 is 7.75 Å². The molecule has 0 heterocycles. The summed E-state index contributed by atoms with van der Waals surface area (Å²) >= 11 is 0. The predicted octanol–water partition coefficient (Wildman–Crippen LogP) is 4.16. The van der Waals surface area contributed by atoms with E-state index in [0.717, 1.165) is 24.3 Å². The molecule has 12 nitrogen and oxygen atoms in total. The highest BCUT2D eigenvalue weighted by atomic mass is 31.2. The zero-order valence-electron chi connectivity index (χ0n) is 16.5. The van der Waals surface area contributed by atoms with Gasteiger partial charge in [-0.15, -0.1) is 0 Å². The Morgan fingerprint density at radius 3 is 1.65 bits per heavy atom. The fourth-order valence-electron chi connectivity index (χ4n) is 2.48. The van der Waals surface area contributed by atoms with Gasteiger partial charge in [0.25, 0.3) is 11.4 Å². The lowest BCUT2D eigenvalue weighted by molar-refractivity contribution is -0.385. The molecular formula is C18H20N3O9P. The number of nitro groups is 2. The molecule has 0 aromatic heterocycles. The number of non-ortho nitro benzene ring substituents is 2. The molecule has 0 spiro atoms. The zero-order valence-corrected chi connectivity index (χ0v) is 17.4. The van der Waals surface area contributed by atoms with Crippen LogP contribution in [0.2, 0.25) is 0 Å². The van der Waals surface area contributed by atoms with Crippen LogP contribution in [0.25, 0.3) is 0 Å². The number of rotatable bonds is 11. The molecule has 2 aromatic rings. The van der Waals surface area contributed by atoms with Gasteiger partial charge in [-0.05, 0) is 36.6 Å². The average molecular weight is 453 g/mol. The minimum atomic E-state index is -4.38. The second kappa shape index (κ2) is 10.0. The van der Waals surface area contributed by atoms with Gasteiger partial charge in [-0.25, -0.2) is 4.57 Å². The Labute approximate surface area is 176 Å². The Hall–Kier alpha value is -3.50. The molecule has 0 unspecified atom stereocenters. The van der Waals surface area contributed by atoms with Gasteiger partial charge in [-0.3, -0.25) is 25.0 Å². The molecule has 0 radical (unpaired) electrons. The molecular weight excluding hydrogens is 433 g/mol. The number of hydrogen-bond donors (Lipinski definition) is 2. The van der Waals surface area contributed by atoms with Gasteiger partial charge in [0.1, 0.15) is 17.5 Å². The monoisotopic (exact) mass is 453 g/mol. The third kappa shape index (κ3) is 7.05. The summed E-state index contributed by atoms with van der Waals surface area (Å²) in [5, 5.41) is 33.4. The van der Waals surface area contributed by atoms with Crippen LogP contribution in [0.15, 0.2) is 48.5 Å². The molecule has 166 valence electrons. The van der Waals surface area contributed by atoms with Crippen molar-refractivity contribution in [1.29, 1.82) is 0 Å². The number of benzene rings is 2. The van der Waals surface area contributed by atoms with Crippen molar-refractivity contribution in [1.82, 2.24) is 5.09 Å². The third-order valence-corrected chi connectivity index (χ3v) is 5.40. The Balaban J connectivity index is 2.34. The lowest BCUT2D eigenvalue weighted by Gasteiger charge is -2.24. The number of aliphatic carboxylic acids is 1. The van der Waals surface area contributed by atoms with Crippen molar-refractivity contribution in [2.24, 2.45) is 5.92 Å². The van der Waals surface area contributed by atoms with Gasteiger partial charge in [-0.2, -0.15) is 5.09 Å². The summed E-state index contributed by atoms with van der Waals surface area (Å²) < 4.78 is 24.2. The molecule has 31 heavy (non-hydrogen) atoms. The van der Waals surface area contributed by atoms with Gasteiger partial charge in [0, 0.05) is 24.3 Å². The van der Waals surface area contributed by atoms with E-state index in [9.17, 15) is 34.7 Å². The molecule has 0 saturated heterocycles. The van der Waals surface area contributed by atoms with Gasteiger partial charge < -0.3 is 14.2 Å². The number of nitrogens with one attached hydrogen (secondary N) is 1. The second-order valence-corrected chi connectivity index (χ2v) is 8.45. The van der Waals surface area contributed by atoms with Crippen LogP contribution in [-0.4, -0.2) is 27.0 Å². The van der Waals surface area contributed by atoms with Crippen LogP contribution in [0.5, 0.6) is 11.5 Å². The van der Waals surface area contributed by atoms with Crippen LogP contribution in [0.1, 0.15) is 20.3 Å². The Morgan fingerprint density at radius 2 is 1.35 bits per heavy atom. The normalized spacial score (nSPS) is 12.2. The number of nitrogens with zero attached hydrogens (tertiary/aromatic N) is 2.